The Morgan fingerprint density at radius 1 is 0.520 bits per heavy atom. The molecule has 0 spiro atoms. The first-order chi connectivity index (χ1) is 12.4. The fourth-order valence-corrected chi connectivity index (χ4v) is 4.48. The minimum absolute atomic E-state index is 1.03. The van der Waals surface area contributed by atoms with Gasteiger partial charge in [-0.1, -0.05) is 78.9 Å². The van der Waals surface area contributed by atoms with Crippen molar-refractivity contribution in [3.63, 3.8) is 0 Å². The molecule has 0 N–H and O–H groups in total. The molecule has 0 nitrogen and oxygen atoms in total. The molecule has 5 aromatic rings. The second kappa shape index (κ2) is 4.70. The molecule has 6 rings (SSSR count). The van der Waals surface area contributed by atoms with Gasteiger partial charge in [-0.15, -0.1) is 0 Å². The van der Waals surface area contributed by atoms with E-state index in [1.165, 1.54) is 54.6 Å². The summed E-state index contributed by atoms with van der Waals surface area (Å²) in [6.07, 6.45) is 1.03. The van der Waals surface area contributed by atoms with Crippen LogP contribution >= 0.6 is 0 Å². The first kappa shape index (κ1) is 13.2. The van der Waals surface area contributed by atoms with Crippen LogP contribution in [-0.4, -0.2) is 0 Å². The van der Waals surface area contributed by atoms with E-state index in [0.717, 1.165) is 6.42 Å². The Balaban J connectivity index is 1.74. The Kier molecular flexibility index (Phi) is 2.48. The first-order valence-corrected chi connectivity index (χ1v) is 8.84. The number of hydrogen-bond donors (Lipinski definition) is 0. The molecule has 25 heavy (non-hydrogen) atoms. The van der Waals surface area contributed by atoms with Crippen molar-refractivity contribution in [1.29, 1.82) is 0 Å². The van der Waals surface area contributed by atoms with E-state index in [9.17, 15) is 0 Å². The molecule has 5 aromatic carbocycles. The highest BCUT2D eigenvalue weighted by Crippen LogP contribution is 2.43. The summed E-state index contributed by atoms with van der Waals surface area (Å²) in [7, 11) is 0. The Hall–Kier alpha value is -3.12. The van der Waals surface area contributed by atoms with E-state index in [-0.39, 0.29) is 0 Å². The van der Waals surface area contributed by atoms with Gasteiger partial charge in [-0.05, 0) is 67.1 Å². The van der Waals surface area contributed by atoms with Crippen LogP contribution < -0.4 is 0 Å². The van der Waals surface area contributed by atoms with Crippen molar-refractivity contribution < 1.29 is 0 Å². The minimum atomic E-state index is 1.03. The third kappa shape index (κ3) is 1.77. The van der Waals surface area contributed by atoms with Crippen molar-refractivity contribution in [3.05, 3.63) is 96.1 Å². The van der Waals surface area contributed by atoms with E-state index >= 15 is 0 Å². The maximum absolute atomic E-state index is 2.38. The van der Waals surface area contributed by atoms with Crippen LogP contribution in [0.3, 0.4) is 0 Å². The third-order valence-corrected chi connectivity index (χ3v) is 5.65. The summed E-state index contributed by atoms with van der Waals surface area (Å²) in [5.41, 5.74) is 5.75. The van der Waals surface area contributed by atoms with Gasteiger partial charge in [0.15, 0.2) is 0 Å². The van der Waals surface area contributed by atoms with Crippen LogP contribution in [0.25, 0.3) is 43.4 Å². The summed E-state index contributed by atoms with van der Waals surface area (Å²) in [5.74, 6) is 0. The summed E-state index contributed by atoms with van der Waals surface area (Å²) in [6.45, 7) is 0. The number of hydrogen-bond acceptors (Lipinski definition) is 0. The number of fused-ring (bicyclic) bond motifs is 8. The molecule has 0 saturated carbocycles. The Bertz CT molecular complexity index is 1310. The number of rotatable bonds is 0. The predicted octanol–water partition coefficient (Wildman–Crippen LogP) is 6.72. The average Bonchev–Trinajstić information content (AvgIpc) is 3.03. The monoisotopic (exact) mass is 316 g/mol. The predicted molar refractivity (Wildman–Crippen MR) is 107 cm³/mol. The molecule has 116 valence electrons. The Morgan fingerprint density at radius 2 is 1.20 bits per heavy atom. The Morgan fingerprint density at radius 3 is 2.08 bits per heavy atom. The molecule has 0 radical (unpaired) electrons. The van der Waals surface area contributed by atoms with Gasteiger partial charge in [0.2, 0.25) is 0 Å². The summed E-state index contributed by atoms with van der Waals surface area (Å²) in [4.78, 5) is 0. The molecule has 0 aliphatic heterocycles. The van der Waals surface area contributed by atoms with Gasteiger partial charge < -0.3 is 0 Å². The average molecular weight is 316 g/mol. The summed E-state index contributed by atoms with van der Waals surface area (Å²) >= 11 is 0. The highest BCUT2D eigenvalue weighted by Gasteiger charge is 2.22. The van der Waals surface area contributed by atoms with Crippen molar-refractivity contribution in [2.24, 2.45) is 0 Å². The first-order valence-electron chi connectivity index (χ1n) is 8.84. The maximum Gasteiger partial charge on any atom is -0.000684 e. The molecule has 0 bridgehead atoms. The lowest BCUT2D eigenvalue weighted by atomic mass is 9.94. The van der Waals surface area contributed by atoms with Crippen LogP contribution in [0.15, 0.2) is 84.9 Å². The molecule has 0 fully saturated rings. The molecule has 0 heterocycles. The van der Waals surface area contributed by atoms with E-state index in [0.29, 0.717) is 0 Å². The van der Waals surface area contributed by atoms with Gasteiger partial charge in [0.25, 0.3) is 0 Å². The van der Waals surface area contributed by atoms with Gasteiger partial charge in [0.1, 0.15) is 0 Å². The van der Waals surface area contributed by atoms with E-state index in [1.807, 2.05) is 0 Å². The lowest BCUT2D eigenvalue weighted by Gasteiger charge is -2.09. The zero-order valence-corrected chi connectivity index (χ0v) is 13.8. The molecule has 0 amide bonds. The van der Waals surface area contributed by atoms with Gasteiger partial charge in [-0.2, -0.15) is 0 Å². The van der Waals surface area contributed by atoms with E-state index in [1.54, 1.807) is 0 Å². The molecular weight excluding hydrogens is 300 g/mol. The zero-order chi connectivity index (χ0) is 16.4. The van der Waals surface area contributed by atoms with Crippen molar-refractivity contribution in [3.8, 4) is 11.1 Å². The molecule has 1 aliphatic rings. The van der Waals surface area contributed by atoms with Crippen molar-refractivity contribution in [2.75, 3.05) is 0 Å². The summed E-state index contributed by atoms with van der Waals surface area (Å²) in [5, 5.41) is 8.12. The highest BCUT2D eigenvalue weighted by atomic mass is 14.2. The third-order valence-electron chi connectivity index (χ3n) is 5.65. The van der Waals surface area contributed by atoms with Crippen molar-refractivity contribution in [2.45, 2.75) is 6.42 Å². The molecule has 1 aliphatic carbocycles. The van der Waals surface area contributed by atoms with Gasteiger partial charge >= 0.3 is 0 Å². The molecule has 0 unspecified atom stereocenters. The topological polar surface area (TPSA) is 0 Å². The SMILES string of the molecule is c1ccc2cc3c(cc2c1)Cc1c-3ccc2ccc3ccccc3c12. The largest absolute Gasteiger partial charge is 0.0616 e. The second-order valence-corrected chi connectivity index (χ2v) is 7.01. The van der Waals surface area contributed by atoms with E-state index < -0.39 is 0 Å². The normalized spacial score (nSPS) is 12.6. The summed E-state index contributed by atoms with van der Waals surface area (Å²) < 4.78 is 0. The quantitative estimate of drug-likeness (QED) is 0.273. The lowest BCUT2D eigenvalue weighted by molar-refractivity contribution is 1.29. The van der Waals surface area contributed by atoms with Gasteiger partial charge in [-0.3, -0.25) is 0 Å². The van der Waals surface area contributed by atoms with Crippen LogP contribution in [0.4, 0.5) is 0 Å². The minimum Gasteiger partial charge on any atom is -0.0616 e. The lowest BCUT2D eigenvalue weighted by Crippen LogP contribution is -1.86. The van der Waals surface area contributed by atoms with Crippen LogP contribution in [0, 0.1) is 0 Å². The van der Waals surface area contributed by atoms with Gasteiger partial charge in [0, 0.05) is 0 Å². The van der Waals surface area contributed by atoms with E-state index in [4.69, 9.17) is 0 Å². The van der Waals surface area contributed by atoms with Gasteiger partial charge in [0.05, 0.1) is 0 Å². The van der Waals surface area contributed by atoms with Crippen LogP contribution in [0.1, 0.15) is 11.1 Å². The fraction of sp³-hybridized carbons (Fsp3) is 0.0400. The van der Waals surface area contributed by atoms with E-state index in [2.05, 4.69) is 84.9 Å². The van der Waals surface area contributed by atoms with Crippen LogP contribution in [-0.2, 0) is 6.42 Å². The van der Waals surface area contributed by atoms with Crippen molar-refractivity contribution >= 4 is 32.3 Å². The standard InChI is InChI=1S/C25H16/c1-2-7-19-14-23-20(13-18(19)6-1)15-24-22(23)12-11-17-10-9-16-5-3-4-8-21(16)25(17)24/h1-14H,15H2. The zero-order valence-electron chi connectivity index (χ0n) is 13.8. The van der Waals surface area contributed by atoms with Crippen LogP contribution in [0.2, 0.25) is 0 Å². The fourth-order valence-electron chi connectivity index (χ4n) is 4.48. The second-order valence-electron chi connectivity index (χ2n) is 7.01. The summed E-state index contributed by atoms with van der Waals surface area (Å²) in [6, 6.07) is 31.3. The molecule has 0 atom stereocenters. The Labute approximate surface area is 146 Å². The molecule has 0 heteroatoms. The maximum atomic E-state index is 2.38. The smallest absolute Gasteiger partial charge is 0.000684 e. The molecule has 0 saturated heterocycles. The molecule has 0 aromatic heterocycles. The van der Waals surface area contributed by atoms with Crippen molar-refractivity contribution in [1.82, 2.24) is 0 Å². The van der Waals surface area contributed by atoms with Crippen LogP contribution in [0.5, 0.6) is 0 Å². The highest BCUT2D eigenvalue weighted by molar-refractivity contribution is 6.12. The number of benzene rings is 5. The van der Waals surface area contributed by atoms with Gasteiger partial charge in [-0.25, -0.2) is 0 Å². The molecular formula is C25H16.